The van der Waals surface area contributed by atoms with Crippen molar-refractivity contribution in [1.29, 1.82) is 0 Å². The largest absolute Gasteiger partial charge is 0.344 e. The Morgan fingerprint density at radius 3 is 2.47 bits per heavy atom. The van der Waals surface area contributed by atoms with Gasteiger partial charge in [-0.25, -0.2) is 4.79 Å². The van der Waals surface area contributed by atoms with Crippen LogP contribution in [0.2, 0.25) is 0 Å². The van der Waals surface area contributed by atoms with Gasteiger partial charge in [0, 0.05) is 5.56 Å². The molecule has 4 amide bonds. The van der Waals surface area contributed by atoms with Crippen LogP contribution >= 0.6 is 12.2 Å². The minimum absolute atomic E-state index is 0.222. The summed E-state index contributed by atoms with van der Waals surface area (Å²) >= 11 is 5.27. The Balaban J connectivity index is 1.55. The molecule has 32 heavy (non-hydrogen) atoms. The van der Waals surface area contributed by atoms with E-state index >= 15 is 0 Å². The minimum Gasteiger partial charge on any atom is -0.318 e. The van der Waals surface area contributed by atoms with Gasteiger partial charge in [0.05, 0.1) is 0 Å². The molecule has 0 bridgehead atoms. The summed E-state index contributed by atoms with van der Waals surface area (Å²) < 4.78 is 1.76. The normalized spacial score (nSPS) is 18.0. The first-order chi connectivity index (χ1) is 15.4. The predicted octanol–water partition coefficient (Wildman–Crippen LogP) is 2.80. The molecular weight excluding hydrogens is 428 g/mol. The maximum Gasteiger partial charge on any atom is 0.344 e. The summed E-state index contributed by atoms with van der Waals surface area (Å²) in [5.41, 5.74) is 3.70. The maximum atomic E-state index is 13.2. The lowest BCUT2D eigenvalue weighted by atomic mass is 9.87. The molecule has 1 aliphatic heterocycles. The second kappa shape index (κ2) is 8.39. The van der Waals surface area contributed by atoms with Crippen LogP contribution in [0, 0.1) is 11.7 Å². The van der Waals surface area contributed by atoms with E-state index in [0.717, 1.165) is 16.1 Å². The number of nitrogens with one attached hydrogen (secondary N) is 3. The van der Waals surface area contributed by atoms with Gasteiger partial charge in [-0.05, 0) is 31.1 Å². The summed E-state index contributed by atoms with van der Waals surface area (Å²) in [5.74, 6) is -0.645. The SMILES string of the molecule is CCC1(c2ccccc2)NC(=O)N(NC(=O)Cn2c(-c3ccc(C)cc3)n[nH]c2=S)C1=O. The molecule has 1 unspecified atom stereocenters. The highest BCUT2D eigenvalue weighted by Crippen LogP contribution is 2.31. The monoisotopic (exact) mass is 450 g/mol. The maximum absolute atomic E-state index is 13.2. The van der Waals surface area contributed by atoms with Gasteiger partial charge in [-0.2, -0.15) is 10.1 Å². The van der Waals surface area contributed by atoms with Crippen LogP contribution in [0.1, 0.15) is 24.5 Å². The van der Waals surface area contributed by atoms with Gasteiger partial charge in [0.15, 0.2) is 10.6 Å². The third kappa shape index (κ3) is 3.69. The third-order valence-corrected chi connectivity index (χ3v) is 5.81. The fraction of sp³-hybridized carbons (Fsp3) is 0.227. The molecule has 0 saturated carbocycles. The highest BCUT2D eigenvalue weighted by atomic mass is 32.1. The molecule has 4 rings (SSSR count). The zero-order valence-electron chi connectivity index (χ0n) is 17.6. The number of carbonyl (C=O) groups is 3. The molecule has 0 aliphatic carbocycles. The number of hydrazine groups is 1. The minimum atomic E-state index is -1.23. The standard InChI is InChI=1S/C22H22N6O3S/c1-3-22(16-7-5-4-6-8-16)19(30)28(20(31)23-22)26-17(29)13-27-18(24-25-21(27)32)15-11-9-14(2)10-12-15/h4-12H,3,13H2,1-2H3,(H,23,31)(H,25,32)(H,26,29). The lowest BCUT2D eigenvalue weighted by Gasteiger charge is -2.25. The number of H-pyrrole nitrogens is 1. The van der Waals surface area contributed by atoms with Crippen molar-refractivity contribution in [3.05, 3.63) is 70.5 Å². The number of benzene rings is 2. The van der Waals surface area contributed by atoms with Gasteiger partial charge in [-0.15, -0.1) is 0 Å². The summed E-state index contributed by atoms with van der Waals surface area (Å²) in [6.45, 7) is 3.55. The second-order valence-electron chi connectivity index (χ2n) is 7.54. The molecule has 3 aromatic rings. The van der Waals surface area contributed by atoms with E-state index in [1.165, 1.54) is 4.57 Å². The summed E-state index contributed by atoms with van der Waals surface area (Å²) in [6.07, 6.45) is 0.332. The molecule has 0 spiro atoms. The predicted molar refractivity (Wildman–Crippen MR) is 120 cm³/mol. The average Bonchev–Trinajstić information content (AvgIpc) is 3.27. The summed E-state index contributed by atoms with van der Waals surface area (Å²) in [7, 11) is 0. The zero-order valence-corrected chi connectivity index (χ0v) is 18.4. The van der Waals surface area contributed by atoms with Crippen molar-refractivity contribution in [3.63, 3.8) is 0 Å². The van der Waals surface area contributed by atoms with Crippen molar-refractivity contribution in [1.82, 2.24) is 30.5 Å². The van der Waals surface area contributed by atoms with E-state index in [0.29, 0.717) is 17.8 Å². The molecule has 10 heteroatoms. The molecule has 1 fully saturated rings. The first-order valence-corrected chi connectivity index (χ1v) is 10.5. The molecule has 1 aliphatic rings. The summed E-state index contributed by atoms with van der Waals surface area (Å²) in [6, 6.07) is 15.9. The van der Waals surface area contributed by atoms with Crippen LogP contribution in [0.4, 0.5) is 4.79 Å². The Morgan fingerprint density at radius 2 is 1.81 bits per heavy atom. The Kier molecular flexibility index (Phi) is 5.62. The highest BCUT2D eigenvalue weighted by Gasteiger charge is 2.52. The van der Waals surface area contributed by atoms with E-state index in [4.69, 9.17) is 12.2 Å². The van der Waals surface area contributed by atoms with Crippen molar-refractivity contribution >= 4 is 30.1 Å². The molecule has 164 valence electrons. The van der Waals surface area contributed by atoms with Crippen LogP contribution in [0.5, 0.6) is 0 Å². The first-order valence-electron chi connectivity index (χ1n) is 10.1. The lowest BCUT2D eigenvalue weighted by molar-refractivity contribution is -0.139. The fourth-order valence-electron chi connectivity index (χ4n) is 3.73. The Labute approximate surface area is 189 Å². The average molecular weight is 451 g/mol. The van der Waals surface area contributed by atoms with Gasteiger partial charge in [0.2, 0.25) is 0 Å². The number of urea groups is 1. The molecule has 1 saturated heterocycles. The van der Waals surface area contributed by atoms with E-state index in [-0.39, 0.29) is 11.3 Å². The summed E-state index contributed by atoms with van der Waals surface area (Å²) in [5, 5.41) is 10.4. The highest BCUT2D eigenvalue weighted by molar-refractivity contribution is 7.71. The molecule has 1 aromatic heterocycles. The number of nitrogens with zero attached hydrogens (tertiary/aromatic N) is 3. The Bertz CT molecular complexity index is 1230. The van der Waals surface area contributed by atoms with E-state index in [1.54, 1.807) is 31.2 Å². The quantitative estimate of drug-likeness (QED) is 0.395. The van der Waals surface area contributed by atoms with Crippen molar-refractivity contribution in [2.75, 3.05) is 0 Å². The lowest BCUT2D eigenvalue weighted by Crippen LogP contribution is -2.49. The van der Waals surface area contributed by atoms with Gasteiger partial charge < -0.3 is 5.32 Å². The van der Waals surface area contributed by atoms with Gasteiger partial charge >= 0.3 is 6.03 Å². The van der Waals surface area contributed by atoms with E-state index < -0.39 is 23.4 Å². The summed E-state index contributed by atoms with van der Waals surface area (Å²) in [4.78, 5) is 38.6. The molecule has 0 radical (unpaired) electrons. The number of imide groups is 1. The van der Waals surface area contributed by atoms with E-state index in [2.05, 4.69) is 20.9 Å². The van der Waals surface area contributed by atoms with Crippen LogP contribution in [0.3, 0.4) is 0 Å². The number of hydrogen-bond acceptors (Lipinski definition) is 5. The first kappa shape index (κ1) is 21.4. The third-order valence-electron chi connectivity index (χ3n) is 5.49. The number of carbonyl (C=O) groups excluding carboxylic acids is 3. The van der Waals surface area contributed by atoms with Crippen molar-refractivity contribution in [3.8, 4) is 11.4 Å². The second-order valence-corrected chi connectivity index (χ2v) is 7.92. The smallest absolute Gasteiger partial charge is 0.318 e. The number of amides is 4. The molecule has 9 nitrogen and oxygen atoms in total. The van der Waals surface area contributed by atoms with Crippen LogP contribution in [0.25, 0.3) is 11.4 Å². The van der Waals surface area contributed by atoms with Gasteiger partial charge in [0.1, 0.15) is 12.1 Å². The molecule has 1 atom stereocenters. The van der Waals surface area contributed by atoms with E-state index in [1.807, 2.05) is 37.3 Å². The van der Waals surface area contributed by atoms with Crippen molar-refractivity contribution < 1.29 is 14.4 Å². The number of aromatic amines is 1. The van der Waals surface area contributed by atoms with Crippen LogP contribution in [-0.2, 0) is 21.7 Å². The van der Waals surface area contributed by atoms with Crippen molar-refractivity contribution in [2.24, 2.45) is 0 Å². The Morgan fingerprint density at radius 1 is 1.12 bits per heavy atom. The number of aryl methyl sites for hydroxylation is 1. The molecular formula is C22H22N6O3S. The van der Waals surface area contributed by atoms with Crippen LogP contribution in [0.15, 0.2) is 54.6 Å². The van der Waals surface area contributed by atoms with Gasteiger partial charge in [-0.3, -0.25) is 24.7 Å². The van der Waals surface area contributed by atoms with E-state index in [9.17, 15) is 14.4 Å². The van der Waals surface area contributed by atoms with Gasteiger partial charge in [0.25, 0.3) is 11.8 Å². The fourth-order valence-corrected chi connectivity index (χ4v) is 3.93. The van der Waals surface area contributed by atoms with Gasteiger partial charge in [-0.1, -0.05) is 67.1 Å². The Hall–Kier alpha value is -3.79. The van der Waals surface area contributed by atoms with Crippen LogP contribution < -0.4 is 10.7 Å². The van der Waals surface area contributed by atoms with Crippen molar-refractivity contribution in [2.45, 2.75) is 32.4 Å². The molecule has 3 N–H and O–H groups in total. The van der Waals surface area contributed by atoms with Crippen LogP contribution in [-0.4, -0.2) is 37.6 Å². The molecule has 2 heterocycles. The topological polar surface area (TPSA) is 112 Å². The number of rotatable bonds is 6. The number of hydrogen-bond donors (Lipinski definition) is 3. The molecule has 2 aromatic carbocycles. The number of aromatic nitrogens is 3. The zero-order chi connectivity index (χ0) is 22.9.